The van der Waals surface area contributed by atoms with Crippen LogP contribution >= 0.6 is 15.9 Å². The van der Waals surface area contributed by atoms with E-state index in [1.54, 1.807) is 6.07 Å². The summed E-state index contributed by atoms with van der Waals surface area (Å²) in [5, 5.41) is 12.4. The zero-order chi connectivity index (χ0) is 15.7. The van der Waals surface area contributed by atoms with Gasteiger partial charge in [0.05, 0.1) is 6.04 Å². The van der Waals surface area contributed by atoms with Crippen molar-refractivity contribution in [3.8, 4) is 5.75 Å². The van der Waals surface area contributed by atoms with Gasteiger partial charge in [0.15, 0.2) is 0 Å². The van der Waals surface area contributed by atoms with Crippen LogP contribution in [0.2, 0.25) is 0 Å². The topological polar surface area (TPSA) is 66.6 Å². The summed E-state index contributed by atoms with van der Waals surface area (Å²) in [6.07, 6.45) is 2.88. The molecular weight excluding hydrogens is 344 g/mol. The molecule has 0 saturated carbocycles. The zero-order valence-electron chi connectivity index (χ0n) is 12.3. The first-order chi connectivity index (χ1) is 10.6. The fourth-order valence-electron chi connectivity index (χ4n) is 3.23. The molecule has 1 heterocycles. The third kappa shape index (κ3) is 2.96. The van der Waals surface area contributed by atoms with E-state index < -0.39 is 0 Å². The van der Waals surface area contributed by atoms with Gasteiger partial charge in [0.1, 0.15) is 5.75 Å². The number of aromatic hydroxyl groups is 1. The van der Waals surface area contributed by atoms with Crippen LogP contribution in [-0.4, -0.2) is 28.5 Å². The van der Waals surface area contributed by atoms with Gasteiger partial charge in [0.25, 0.3) is 0 Å². The maximum atomic E-state index is 11.7. The summed E-state index contributed by atoms with van der Waals surface area (Å²) < 4.78 is 1.00. The second-order valence-corrected chi connectivity index (χ2v) is 6.73. The first-order valence-electron chi connectivity index (χ1n) is 7.50. The number of hydrogen-bond donors (Lipinski definition) is 2. The Morgan fingerprint density at radius 3 is 2.91 bits per heavy atom. The molecule has 0 bridgehead atoms. The third-order valence-corrected chi connectivity index (χ3v) is 4.87. The molecule has 0 aliphatic carbocycles. The molecule has 3 rings (SSSR count). The average Bonchev–Trinajstić information content (AvgIpc) is 2.50. The predicted molar refractivity (Wildman–Crippen MR) is 90.6 cm³/mol. The van der Waals surface area contributed by atoms with Crippen LogP contribution in [0.5, 0.6) is 5.75 Å². The summed E-state index contributed by atoms with van der Waals surface area (Å²) >= 11 is 3.47. The number of primary amides is 1. The van der Waals surface area contributed by atoms with E-state index in [0.717, 1.165) is 46.6 Å². The number of fused-ring (bicyclic) bond motifs is 1. The van der Waals surface area contributed by atoms with Crippen LogP contribution in [-0.2, 0) is 11.3 Å². The number of benzene rings is 2. The van der Waals surface area contributed by atoms with Gasteiger partial charge in [0.2, 0.25) is 5.91 Å². The highest BCUT2D eigenvalue weighted by atomic mass is 79.9. The van der Waals surface area contributed by atoms with E-state index >= 15 is 0 Å². The molecule has 1 aliphatic heterocycles. The number of hydrogen-bond acceptors (Lipinski definition) is 3. The number of likely N-dealkylation sites (tertiary alicyclic amines) is 1. The molecule has 1 amide bonds. The molecule has 2 aromatic carbocycles. The van der Waals surface area contributed by atoms with Crippen molar-refractivity contribution in [2.75, 3.05) is 6.54 Å². The van der Waals surface area contributed by atoms with Gasteiger partial charge in [-0.05, 0) is 48.4 Å². The quantitative estimate of drug-likeness (QED) is 0.881. The van der Waals surface area contributed by atoms with Crippen molar-refractivity contribution in [3.05, 3.63) is 40.4 Å². The van der Waals surface area contributed by atoms with Gasteiger partial charge in [-0.3, -0.25) is 9.69 Å². The van der Waals surface area contributed by atoms with Gasteiger partial charge in [-0.25, -0.2) is 0 Å². The van der Waals surface area contributed by atoms with Crippen molar-refractivity contribution in [3.63, 3.8) is 0 Å². The van der Waals surface area contributed by atoms with E-state index in [1.165, 1.54) is 0 Å². The normalized spacial score (nSPS) is 19.4. The van der Waals surface area contributed by atoms with Gasteiger partial charge in [-0.2, -0.15) is 0 Å². The minimum atomic E-state index is -0.276. The lowest BCUT2D eigenvalue weighted by Gasteiger charge is -2.34. The fraction of sp³-hybridized carbons (Fsp3) is 0.353. The van der Waals surface area contributed by atoms with Crippen LogP contribution in [0.1, 0.15) is 24.8 Å². The van der Waals surface area contributed by atoms with E-state index in [9.17, 15) is 9.90 Å². The number of nitrogens with two attached hydrogens (primary N) is 1. The van der Waals surface area contributed by atoms with E-state index in [4.69, 9.17) is 5.73 Å². The number of carbonyl (C=O) groups excluding carboxylic acids is 1. The van der Waals surface area contributed by atoms with Crippen LogP contribution < -0.4 is 5.73 Å². The number of carbonyl (C=O) groups is 1. The molecule has 1 atom stereocenters. The number of piperidine rings is 1. The molecule has 2 aromatic rings. The van der Waals surface area contributed by atoms with Crippen LogP contribution in [0, 0.1) is 0 Å². The van der Waals surface area contributed by atoms with Gasteiger partial charge in [-0.15, -0.1) is 0 Å². The molecule has 1 aliphatic rings. The smallest absolute Gasteiger partial charge is 0.234 e. The van der Waals surface area contributed by atoms with Crippen molar-refractivity contribution in [2.45, 2.75) is 31.8 Å². The van der Waals surface area contributed by atoms with E-state index in [2.05, 4.69) is 20.8 Å². The van der Waals surface area contributed by atoms with Crippen LogP contribution in [0.25, 0.3) is 10.8 Å². The van der Waals surface area contributed by atoms with Gasteiger partial charge in [-0.1, -0.05) is 34.5 Å². The Morgan fingerprint density at radius 1 is 1.32 bits per heavy atom. The SMILES string of the molecule is NC(=O)C1CCCCN1Cc1c(O)ccc2cc(Br)ccc12. The maximum Gasteiger partial charge on any atom is 0.234 e. The highest BCUT2D eigenvalue weighted by Gasteiger charge is 2.27. The fourth-order valence-corrected chi connectivity index (χ4v) is 3.60. The Bertz CT molecular complexity index is 717. The molecule has 1 fully saturated rings. The van der Waals surface area contributed by atoms with Gasteiger partial charge in [0, 0.05) is 16.6 Å². The predicted octanol–water partition coefficient (Wildman–Crippen LogP) is 3.15. The Balaban J connectivity index is 1.98. The Hall–Kier alpha value is -1.59. The molecule has 5 heteroatoms. The Kier molecular flexibility index (Phi) is 4.36. The molecule has 0 radical (unpaired) electrons. The van der Waals surface area contributed by atoms with E-state index in [0.29, 0.717) is 6.54 Å². The van der Waals surface area contributed by atoms with Crippen molar-refractivity contribution in [1.82, 2.24) is 4.90 Å². The molecule has 1 unspecified atom stereocenters. The van der Waals surface area contributed by atoms with E-state index in [1.807, 2.05) is 24.3 Å². The van der Waals surface area contributed by atoms with Crippen molar-refractivity contribution in [2.24, 2.45) is 5.73 Å². The summed E-state index contributed by atoms with van der Waals surface area (Å²) in [5.74, 6) is -0.00853. The highest BCUT2D eigenvalue weighted by molar-refractivity contribution is 9.10. The second kappa shape index (κ2) is 6.26. The van der Waals surface area contributed by atoms with Crippen molar-refractivity contribution < 1.29 is 9.90 Å². The number of amides is 1. The number of rotatable bonds is 3. The molecule has 22 heavy (non-hydrogen) atoms. The van der Waals surface area contributed by atoms with Crippen LogP contribution in [0.3, 0.4) is 0 Å². The molecule has 0 spiro atoms. The summed E-state index contributed by atoms with van der Waals surface area (Å²) in [5.41, 5.74) is 6.39. The summed E-state index contributed by atoms with van der Waals surface area (Å²) in [6.45, 7) is 1.37. The Labute approximate surface area is 138 Å². The minimum absolute atomic E-state index is 0.237. The van der Waals surface area contributed by atoms with E-state index in [-0.39, 0.29) is 17.7 Å². The summed E-state index contributed by atoms with van der Waals surface area (Å²) in [4.78, 5) is 13.7. The largest absolute Gasteiger partial charge is 0.508 e. The van der Waals surface area contributed by atoms with Crippen LogP contribution in [0.15, 0.2) is 34.8 Å². The van der Waals surface area contributed by atoms with Crippen molar-refractivity contribution in [1.29, 1.82) is 0 Å². The third-order valence-electron chi connectivity index (χ3n) is 4.37. The lowest BCUT2D eigenvalue weighted by Crippen LogP contribution is -2.47. The average molecular weight is 363 g/mol. The number of phenols is 1. The number of halogens is 1. The lowest BCUT2D eigenvalue weighted by atomic mass is 9.98. The zero-order valence-corrected chi connectivity index (χ0v) is 13.8. The molecule has 116 valence electrons. The van der Waals surface area contributed by atoms with Crippen LogP contribution in [0.4, 0.5) is 0 Å². The highest BCUT2D eigenvalue weighted by Crippen LogP contribution is 2.31. The summed E-state index contributed by atoms with van der Waals surface area (Å²) in [7, 11) is 0. The van der Waals surface area contributed by atoms with Gasteiger partial charge >= 0.3 is 0 Å². The minimum Gasteiger partial charge on any atom is -0.508 e. The Morgan fingerprint density at radius 2 is 2.14 bits per heavy atom. The molecular formula is C17H19BrN2O2. The van der Waals surface area contributed by atoms with Crippen molar-refractivity contribution >= 4 is 32.6 Å². The molecule has 4 nitrogen and oxygen atoms in total. The molecule has 1 saturated heterocycles. The number of phenolic OH excluding ortho intramolecular Hbond substituents is 1. The first kappa shape index (κ1) is 15.3. The summed E-state index contributed by atoms with van der Waals surface area (Å²) in [6, 6.07) is 9.37. The molecule has 3 N–H and O–H groups in total. The second-order valence-electron chi connectivity index (χ2n) is 5.81. The molecule has 0 aromatic heterocycles. The lowest BCUT2D eigenvalue weighted by molar-refractivity contribution is -0.124. The maximum absolute atomic E-state index is 11.7. The monoisotopic (exact) mass is 362 g/mol. The number of nitrogens with zero attached hydrogens (tertiary/aromatic N) is 1. The standard InChI is InChI=1S/C17H19BrN2O2/c18-12-5-6-13-11(9-12)4-7-16(21)14(13)10-20-8-2-1-3-15(20)17(19)22/h4-7,9,15,21H,1-3,8,10H2,(H2,19,22). The van der Waals surface area contributed by atoms with Gasteiger partial charge < -0.3 is 10.8 Å². The first-order valence-corrected chi connectivity index (χ1v) is 8.29.